The van der Waals surface area contributed by atoms with Crippen LogP contribution in [0.2, 0.25) is 10.0 Å². The van der Waals surface area contributed by atoms with Gasteiger partial charge in [-0.05, 0) is 32.0 Å². The Labute approximate surface area is 111 Å². The van der Waals surface area contributed by atoms with Gasteiger partial charge in [-0.15, -0.1) is 0 Å². The van der Waals surface area contributed by atoms with Crippen molar-refractivity contribution in [2.45, 2.75) is 19.1 Å². The third-order valence-electron chi connectivity index (χ3n) is 2.28. The number of ketones is 1. The Morgan fingerprint density at radius 1 is 1.29 bits per heavy atom. The molecule has 1 rings (SSSR count). The van der Waals surface area contributed by atoms with Crippen molar-refractivity contribution < 1.29 is 13.2 Å². The highest BCUT2D eigenvalue weighted by atomic mass is 35.5. The molecule has 0 N–H and O–H groups in total. The lowest BCUT2D eigenvalue weighted by Crippen LogP contribution is -2.23. The first kappa shape index (κ1) is 14.5. The van der Waals surface area contributed by atoms with E-state index in [0.29, 0.717) is 5.02 Å². The molecule has 0 atom stereocenters. The molecule has 0 saturated carbocycles. The molecule has 0 fully saturated rings. The summed E-state index contributed by atoms with van der Waals surface area (Å²) in [5.74, 6) is -1.05. The minimum Gasteiger partial charge on any atom is -0.293 e. The van der Waals surface area contributed by atoms with E-state index in [4.69, 9.17) is 23.2 Å². The van der Waals surface area contributed by atoms with Crippen LogP contribution in [-0.4, -0.2) is 25.2 Å². The van der Waals surface area contributed by atoms with Gasteiger partial charge in [-0.1, -0.05) is 23.2 Å². The summed E-state index contributed by atoms with van der Waals surface area (Å²) in [5, 5.41) is -0.0164. The van der Waals surface area contributed by atoms with E-state index in [-0.39, 0.29) is 10.6 Å². The predicted molar refractivity (Wildman–Crippen MR) is 69.7 cm³/mol. The molecule has 0 heterocycles. The Morgan fingerprint density at radius 2 is 1.88 bits per heavy atom. The maximum Gasteiger partial charge on any atom is 0.179 e. The molecule has 0 radical (unpaired) electrons. The fourth-order valence-electron chi connectivity index (χ4n) is 1.14. The van der Waals surface area contributed by atoms with Gasteiger partial charge in [0.15, 0.2) is 15.6 Å². The van der Waals surface area contributed by atoms with E-state index in [9.17, 15) is 13.2 Å². The highest BCUT2D eigenvalue weighted by Gasteiger charge is 2.22. The lowest BCUT2D eigenvalue weighted by Gasteiger charge is -2.08. The fraction of sp³-hybridized carbons (Fsp3) is 0.364. The van der Waals surface area contributed by atoms with Crippen LogP contribution < -0.4 is 0 Å². The molecule has 0 saturated heterocycles. The van der Waals surface area contributed by atoms with E-state index in [1.165, 1.54) is 32.0 Å². The number of benzene rings is 1. The van der Waals surface area contributed by atoms with Gasteiger partial charge in [0.2, 0.25) is 0 Å². The maximum atomic E-state index is 11.8. The Hall–Kier alpha value is -0.580. The summed E-state index contributed by atoms with van der Waals surface area (Å²) in [6.45, 7) is 3.07. The topological polar surface area (TPSA) is 51.2 Å². The molecule has 6 heteroatoms. The summed E-state index contributed by atoms with van der Waals surface area (Å²) in [5.41, 5.74) is 0.181. The molecule has 0 aliphatic heterocycles. The highest BCUT2D eigenvalue weighted by molar-refractivity contribution is 7.92. The second-order valence-electron chi connectivity index (χ2n) is 3.90. The molecule has 17 heavy (non-hydrogen) atoms. The van der Waals surface area contributed by atoms with Crippen LogP contribution in [0.25, 0.3) is 0 Å². The average molecular weight is 295 g/mol. The minimum atomic E-state index is -3.41. The van der Waals surface area contributed by atoms with Crippen molar-refractivity contribution in [3.8, 4) is 0 Å². The SMILES string of the molecule is CC(C)S(=O)(=O)CC(=O)c1ccc(Cl)cc1Cl. The molecule has 1 aromatic carbocycles. The number of hydrogen-bond acceptors (Lipinski definition) is 3. The average Bonchev–Trinajstić information content (AvgIpc) is 2.15. The van der Waals surface area contributed by atoms with Gasteiger partial charge < -0.3 is 0 Å². The smallest absolute Gasteiger partial charge is 0.179 e. The largest absolute Gasteiger partial charge is 0.293 e. The quantitative estimate of drug-likeness (QED) is 0.802. The van der Waals surface area contributed by atoms with Gasteiger partial charge in [-0.2, -0.15) is 0 Å². The van der Waals surface area contributed by atoms with Crippen LogP contribution in [-0.2, 0) is 9.84 Å². The van der Waals surface area contributed by atoms with E-state index in [1.54, 1.807) is 0 Å². The van der Waals surface area contributed by atoms with Crippen molar-refractivity contribution in [3.63, 3.8) is 0 Å². The number of carbonyl (C=O) groups is 1. The normalized spacial score (nSPS) is 11.8. The number of Topliss-reactive ketones (excluding diaryl/α,β-unsaturated/α-hetero) is 1. The maximum absolute atomic E-state index is 11.8. The van der Waals surface area contributed by atoms with E-state index in [1.807, 2.05) is 0 Å². The van der Waals surface area contributed by atoms with Gasteiger partial charge >= 0.3 is 0 Å². The van der Waals surface area contributed by atoms with Crippen LogP contribution in [0.5, 0.6) is 0 Å². The van der Waals surface area contributed by atoms with E-state index in [2.05, 4.69) is 0 Å². The molecular formula is C11H12Cl2O3S. The van der Waals surface area contributed by atoms with Gasteiger partial charge in [0.25, 0.3) is 0 Å². The first-order valence-electron chi connectivity index (χ1n) is 4.94. The van der Waals surface area contributed by atoms with E-state index < -0.39 is 26.6 Å². The molecule has 0 amide bonds. The zero-order valence-corrected chi connectivity index (χ0v) is 11.7. The minimum absolute atomic E-state index is 0.168. The highest BCUT2D eigenvalue weighted by Crippen LogP contribution is 2.22. The lowest BCUT2D eigenvalue weighted by molar-refractivity contribution is 0.102. The summed E-state index contributed by atoms with van der Waals surface area (Å²) in [6, 6.07) is 4.35. The summed E-state index contributed by atoms with van der Waals surface area (Å²) < 4.78 is 23.2. The zero-order chi connectivity index (χ0) is 13.2. The lowest BCUT2D eigenvalue weighted by atomic mass is 10.1. The van der Waals surface area contributed by atoms with Crippen molar-refractivity contribution >= 4 is 38.8 Å². The summed E-state index contributed by atoms with van der Waals surface area (Å²) in [6.07, 6.45) is 0. The van der Waals surface area contributed by atoms with Crippen LogP contribution in [0.3, 0.4) is 0 Å². The Morgan fingerprint density at radius 3 is 2.35 bits per heavy atom. The molecule has 0 bridgehead atoms. The molecule has 1 aromatic rings. The van der Waals surface area contributed by atoms with Crippen LogP contribution in [0.4, 0.5) is 0 Å². The molecule has 0 unspecified atom stereocenters. The van der Waals surface area contributed by atoms with Gasteiger partial charge in [-0.3, -0.25) is 4.79 Å². The van der Waals surface area contributed by atoms with Gasteiger partial charge in [0.05, 0.1) is 10.3 Å². The third-order valence-corrected chi connectivity index (χ3v) is 4.93. The van der Waals surface area contributed by atoms with Crippen molar-refractivity contribution in [2.75, 3.05) is 5.75 Å². The molecule has 0 aliphatic rings. The second-order valence-corrected chi connectivity index (χ2v) is 7.30. The number of rotatable bonds is 4. The first-order chi connectivity index (χ1) is 7.74. The molecule has 0 aliphatic carbocycles. The molecular weight excluding hydrogens is 283 g/mol. The van der Waals surface area contributed by atoms with Crippen LogP contribution in [0.15, 0.2) is 18.2 Å². The van der Waals surface area contributed by atoms with Crippen LogP contribution in [0.1, 0.15) is 24.2 Å². The van der Waals surface area contributed by atoms with E-state index >= 15 is 0 Å². The van der Waals surface area contributed by atoms with Crippen LogP contribution in [0, 0.1) is 0 Å². The number of hydrogen-bond donors (Lipinski definition) is 0. The number of halogens is 2. The molecule has 3 nitrogen and oxygen atoms in total. The first-order valence-corrected chi connectivity index (χ1v) is 7.41. The summed E-state index contributed by atoms with van der Waals surface area (Å²) >= 11 is 11.5. The van der Waals surface area contributed by atoms with Crippen molar-refractivity contribution in [1.82, 2.24) is 0 Å². The monoisotopic (exact) mass is 294 g/mol. The van der Waals surface area contributed by atoms with Gasteiger partial charge in [0, 0.05) is 10.6 Å². The molecule has 0 spiro atoms. The molecule has 0 aromatic heterocycles. The zero-order valence-electron chi connectivity index (χ0n) is 9.41. The van der Waals surface area contributed by atoms with Gasteiger partial charge in [0.1, 0.15) is 5.75 Å². The van der Waals surface area contributed by atoms with Crippen LogP contribution >= 0.6 is 23.2 Å². The summed E-state index contributed by atoms with van der Waals surface area (Å²) in [7, 11) is -3.41. The predicted octanol–water partition coefficient (Wildman–Crippen LogP) is 3.00. The van der Waals surface area contributed by atoms with E-state index in [0.717, 1.165) is 0 Å². The Bertz CT molecular complexity index is 536. The number of sulfone groups is 1. The van der Waals surface area contributed by atoms with Crippen molar-refractivity contribution in [2.24, 2.45) is 0 Å². The Kier molecular flexibility index (Phi) is 4.58. The molecule has 94 valence electrons. The Balaban J connectivity index is 2.99. The van der Waals surface area contributed by atoms with Crippen molar-refractivity contribution in [3.05, 3.63) is 33.8 Å². The fourth-order valence-corrected chi connectivity index (χ4v) is 2.51. The van der Waals surface area contributed by atoms with Gasteiger partial charge in [-0.25, -0.2) is 8.42 Å². The van der Waals surface area contributed by atoms with Crippen molar-refractivity contribution in [1.29, 1.82) is 0 Å². The second kappa shape index (κ2) is 5.38. The number of carbonyl (C=O) groups excluding carboxylic acids is 1. The third kappa shape index (κ3) is 3.69. The summed E-state index contributed by atoms with van der Waals surface area (Å²) in [4.78, 5) is 11.8. The standard InChI is InChI=1S/C11H12Cl2O3S/c1-7(2)17(15,16)6-11(14)9-4-3-8(12)5-10(9)13/h3-5,7H,6H2,1-2H3.